The number of ketones is 1. The zero-order chi connectivity index (χ0) is 37.8. The highest BCUT2D eigenvalue weighted by Gasteiger charge is 2.26. The lowest BCUT2D eigenvalue weighted by atomic mass is 9.94. The lowest BCUT2D eigenvalue weighted by molar-refractivity contribution is -0.150. The number of aliphatic carboxylic acids is 1. The standard InChI is InChI=1S/C27H49N3O4.C12H24O2.C2H4/c1-3-4-5-11-15-23-16-12-9-7-6-8-10-13-19-30-26(32)24(18-20-29-22(2)28)25(31)17-14-21-34-27(23)33;1-3-5-7-8-10-11(12(13)14)9-6-4-2;1-2/h23-24,29H,2-21,28H2,1H3,(H,30,32);11H,3-10H2,1-2H3,(H,13,14);1-2H2/t23?,24-;;/m1../s1. The first-order valence-electron chi connectivity index (χ1n) is 20.1. The van der Waals surface area contributed by atoms with Gasteiger partial charge in [0.2, 0.25) is 5.91 Å². The lowest BCUT2D eigenvalue weighted by Crippen LogP contribution is -2.38. The topological polar surface area (TPSA) is 148 Å². The van der Waals surface area contributed by atoms with Crippen LogP contribution in [0.15, 0.2) is 25.6 Å². The summed E-state index contributed by atoms with van der Waals surface area (Å²) in [5, 5.41) is 14.8. The molecule has 1 amide bonds. The molecule has 0 saturated carbocycles. The molecular formula is C41H77N3O6. The van der Waals surface area contributed by atoms with Crippen LogP contribution < -0.4 is 16.4 Å². The summed E-state index contributed by atoms with van der Waals surface area (Å²) < 4.78 is 5.57. The number of cyclic esters (lactones) is 1. The van der Waals surface area contributed by atoms with Gasteiger partial charge in [-0.15, -0.1) is 13.2 Å². The smallest absolute Gasteiger partial charge is 0.308 e. The number of nitrogens with two attached hydrogens (primary N) is 1. The van der Waals surface area contributed by atoms with E-state index in [2.05, 4.69) is 51.1 Å². The minimum atomic E-state index is -0.726. The largest absolute Gasteiger partial charge is 0.481 e. The van der Waals surface area contributed by atoms with Crippen LogP contribution >= 0.6 is 0 Å². The number of unbranched alkanes of at least 4 members (excludes halogenated alkanes) is 7. The fourth-order valence-corrected chi connectivity index (χ4v) is 6.12. The van der Waals surface area contributed by atoms with Crippen molar-refractivity contribution in [2.75, 3.05) is 19.7 Å². The van der Waals surface area contributed by atoms with Gasteiger partial charge in [-0.3, -0.25) is 19.2 Å². The van der Waals surface area contributed by atoms with Gasteiger partial charge in [-0.25, -0.2) is 0 Å². The Morgan fingerprint density at radius 3 is 2.02 bits per heavy atom. The van der Waals surface area contributed by atoms with E-state index >= 15 is 0 Å². The number of nitrogens with one attached hydrogen (secondary N) is 2. The molecule has 3 atom stereocenters. The van der Waals surface area contributed by atoms with E-state index in [1.165, 1.54) is 44.9 Å². The van der Waals surface area contributed by atoms with Crippen LogP contribution in [0.3, 0.4) is 0 Å². The maximum atomic E-state index is 12.8. The van der Waals surface area contributed by atoms with Crippen molar-refractivity contribution in [1.29, 1.82) is 0 Å². The molecule has 1 heterocycles. The van der Waals surface area contributed by atoms with E-state index in [1.807, 2.05) is 0 Å². The maximum absolute atomic E-state index is 12.8. The minimum absolute atomic E-state index is 0.0383. The molecule has 1 aliphatic heterocycles. The van der Waals surface area contributed by atoms with Crippen molar-refractivity contribution in [3.8, 4) is 0 Å². The number of esters is 1. The van der Waals surface area contributed by atoms with Crippen molar-refractivity contribution < 1.29 is 29.0 Å². The molecule has 1 fully saturated rings. The van der Waals surface area contributed by atoms with E-state index in [1.54, 1.807) is 0 Å². The molecule has 292 valence electrons. The quantitative estimate of drug-likeness (QED) is 0.0477. The van der Waals surface area contributed by atoms with E-state index in [0.717, 1.165) is 89.9 Å². The number of carboxylic acids is 1. The molecular weight excluding hydrogens is 630 g/mol. The van der Waals surface area contributed by atoms with Crippen molar-refractivity contribution in [3.05, 3.63) is 25.6 Å². The Kier molecular flexibility index (Phi) is 35.4. The zero-order valence-corrected chi connectivity index (χ0v) is 32.5. The van der Waals surface area contributed by atoms with Crippen LogP contribution in [0.2, 0.25) is 0 Å². The minimum Gasteiger partial charge on any atom is -0.481 e. The van der Waals surface area contributed by atoms with Gasteiger partial charge in [0.15, 0.2) is 0 Å². The normalized spacial score (nSPS) is 19.0. The summed E-state index contributed by atoms with van der Waals surface area (Å²) in [4.78, 5) is 49.1. The summed E-state index contributed by atoms with van der Waals surface area (Å²) in [5.41, 5.74) is 5.54. The van der Waals surface area contributed by atoms with Gasteiger partial charge in [0.25, 0.3) is 0 Å². The van der Waals surface area contributed by atoms with Gasteiger partial charge >= 0.3 is 11.9 Å². The predicted octanol–water partition coefficient (Wildman–Crippen LogP) is 9.39. The molecule has 1 rings (SSSR count). The lowest BCUT2D eigenvalue weighted by Gasteiger charge is -2.17. The van der Waals surface area contributed by atoms with Crippen molar-refractivity contribution >= 4 is 23.6 Å². The van der Waals surface area contributed by atoms with Crippen molar-refractivity contribution in [1.82, 2.24) is 10.6 Å². The Morgan fingerprint density at radius 2 is 1.42 bits per heavy atom. The number of amides is 1. The van der Waals surface area contributed by atoms with Gasteiger partial charge in [0, 0.05) is 19.5 Å². The number of carbonyl (C=O) groups excluding carboxylic acids is 3. The highest BCUT2D eigenvalue weighted by Crippen LogP contribution is 2.21. The second kappa shape index (κ2) is 36.0. The van der Waals surface area contributed by atoms with E-state index in [-0.39, 0.29) is 42.5 Å². The second-order valence-electron chi connectivity index (χ2n) is 13.7. The zero-order valence-electron chi connectivity index (χ0n) is 32.5. The highest BCUT2D eigenvalue weighted by molar-refractivity contribution is 6.01. The van der Waals surface area contributed by atoms with Crippen molar-refractivity contribution in [2.45, 2.75) is 175 Å². The first-order chi connectivity index (χ1) is 24.2. The van der Waals surface area contributed by atoms with E-state index in [0.29, 0.717) is 31.8 Å². The fourth-order valence-electron chi connectivity index (χ4n) is 6.12. The van der Waals surface area contributed by atoms with Gasteiger partial charge in [-0.2, -0.15) is 0 Å². The average molecular weight is 708 g/mol. The van der Waals surface area contributed by atoms with Crippen LogP contribution in [0.4, 0.5) is 0 Å². The molecule has 0 aromatic carbocycles. The molecule has 0 radical (unpaired) electrons. The number of rotatable bonds is 18. The predicted molar refractivity (Wildman–Crippen MR) is 207 cm³/mol. The van der Waals surface area contributed by atoms with Crippen molar-refractivity contribution in [2.24, 2.45) is 23.5 Å². The number of carboxylic acid groups (broad SMARTS) is 1. The summed E-state index contributed by atoms with van der Waals surface area (Å²) in [6.07, 6.45) is 23.7. The third-order valence-electron chi connectivity index (χ3n) is 9.23. The molecule has 1 aliphatic rings. The summed E-state index contributed by atoms with van der Waals surface area (Å²) >= 11 is 0. The monoisotopic (exact) mass is 708 g/mol. The molecule has 0 aliphatic carbocycles. The van der Waals surface area contributed by atoms with Gasteiger partial charge in [0.1, 0.15) is 5.78 Å². The van der Waals surface area contributed by atoms with Crippen LogP contribution in [-0.4, -0.2) is 48.4 Å². The molecule has 1 saturated heterocycles. The average Bonchev–Trinajstić information content (AvgIpc) is 3.10. The van der Waals surface area contributed by atoms with E-state index in [4.69, 9.17) is 15.6 Å². The van der Waals surface area contributed by atoms with E-state index in [9.17, 15) is 19.2 Å². The van der Waals surface area contributed by atoms with Crippen LogP contribution in [0.5, 0.6) is 0 Å². The molecule has 0 bridgehead atoms. The molecule has 0 spiro atoms. The molecule has 0 aromatic heterocycles. The van der Waals surface area contributed by atoms with Gasteiger partial charge < -0.3 is 26.2 Å². The maximum Gasteiger partial charge on any atom is 0.308 e. The Bertz CT molecular complexity index is 880. The van der Waals surface area contributed by atoms with E-state index < -0.39 is 11.9 Å². The van der Waals surface area contributed by atoms with Gasteiger partial charge in [0.05, 0.1) is 30.2 Å². The summed E-state index contributed by atoms with van der Waals surface area (Å²) in [7, 11) is 0. The van der Waals surface area contributed by atoms with Crippen molar-refractivity contribution in [3.63, 3.8) is 0 Å². The summed E-state index contributed by atoms with van der Waals surface area (Å²) in [5.74, 6) is -1.60. The Morgan fingerprint density at radius 1 is 0.840 bits per heavy atom. The molecule has 5 N–H and O–H groups in total. The Balaban J connectivity index is 0. The SMILES string of the molecule is C=C.C=C(N)NCC[C@@H]1C(=O)CCCOC(=O)C(CCCCCC)CCCCCCCCCNC1=O.CCCCCCC(CCCC)C(=O)O. The first kappa shape index (κ1) is 49.3. The van der Waals surface area contributed by atoms with Crippen LogP contribution in [0.25, 0.3) is 0 Å². The van der Waals surface area contributed by atoms with Gasteiger partial charge in [-0.1, -0.05) is 130 Å². The van der Waals surface area contributed by atoms with Crippen LogP contribution in [0.1, 0.15) is 175 Å². The first-order valence-corrected chi connectivity index (χ1v) is 20.1. The third kappa shape index (κ3) is 28.9. The number of hydrogen-bond acceptors (Lipinski definition) is 7. The van der Waals surface area contributed by atoms with Crippen LogP contribution in [0, 0.1) is 17.8 Å². The highest BCUT2D eigenvalue weighted by atomic mass is 16.5. The number of carbonyl (C=O) groups is 4. The fraction of sp³-hybridized carbons (Fsp3) is 0.805. The molecule has 50 heavy (non-hydrogen) atoms. The number of ether oxygens (including phenoxy) is 1. The summed E-state index contributed by atoms with van der Waals surface area (Å²) in [6, 6.07) is 0. The number of hydrogen-bond donors (Lipinski definition) is 4. The third-order valence-corrected chi connectivity index (χ3v) is 9.23. The number of Topliss-reactive ketones (excluding diaryl/α,β-unsaturated/α-hetero) is 1. The molecule has 0 aromatic rings. The molecule has 9 nitrogen and oxygen atoms in total. The van der Waals surface area contributed by atoms with Crippen LogP contribution in [-0.2, 0) is 23.9 Å². The second-order valence-corrected chi connectivity index (χ2v) is 13.7. The Labute approximate surface area is 306 Å². The molecule has 2 unspecified atom stereocenters. The Hall–Kier alpha value is -2.84. The molecule has 9 heteroatoms. The van der Waals surface area contributed by atoms with Gasteiger partial charge in [-0.05, 0) is 44.9 Å². The summed E-state index contributed by atoms with van der Waals surface area (Å²) in [6.45, 7) is 17.3.